The molecule has 0 aliphatic heterocycles. The minimum atomic E-state index is -0.642. The fraction of sp³-hybridized carbons (Fsp3) is 0.167. The molecular formula is C6H7FO2. The molecule has 0 unspecified atom stereocenters. The predicted molar refractivity (Wildman–Crippen MR) is 31.2 cm³/mol. The molecule has 0 spiro atoms. The average Bonchev–Trinajstić information content (AvgIpc) is 1.63. The number of hydrogen-bond donors (Lipinski definition) is 0. The van der Waals surface area contributed by atoms with Crippen molar-refractivity contribution in [1.29, 1.82) is 0 Å². The summed E-state index contributed by atoms with van der Waals surface area (Å²) < 4.78 is 15.9. The van der Waals surface area contributed by atoms with Gasteiger partial charge in [-0.2, -0.15) is 0 Å². The first-order valence-electron chi connectivity index (χ1n) is 2.31. The van der Waals surface area contributed by atoms with Gasteiger partial charge in [-0.1, -0.05) is 6.58 Å². The Balaban J connectivity index is 3.48. The Morgan fingerprint density at radius 1 is 1.78 bits per heavy atom. The maximum Gasteiger partial charge on any atom is 0.307 e. The van der Waals surface area contributed by atoms with Crippen molar-refractivity contribution in [2.24, 2.45) is 0 Å². The van der Waals surface area contributed by atoms with E-state index < -0.39 is 11.8 Å². The van der Waals surface area contributed by atoms with Crippen LogP contribution in [0.1, 0.15) is 6.92 Å². The molecule has 0 bridgehead atoms. The minimum Gasteiger partial charge on any atom is -0.435 e. The van der Waals surface area contributed by atoms with Crippen LogP contribution in [0.25, 0.3) is 0 Å². The van der Waals surface area contributed by atoms with Crippen LogP contribution in [-0.2, 0) is 9.53 Å². The standard InChI is InChI=1S/C6H7FO2/c1-5(7)3-4-9-6(2)8/h3-4H,1H2,2H3. The Labute approximate surface area is 52.6 Å². The molecule has 0 aliphatic rings. The third-order valence-corrected chi connectivity index (χ3v) is 0.483. The summed E-state index contributed by atoms with van der Waals surface area (Å²) in [6.45, 7) is 4.13. The number of carbonyl (C=O) groups is 1. The third kappa shape index (κ3) is 6.88. The lowest BCUT2D eigenvalue weighted by Gasteiger charge is -1.87. The lowest BCUT2D eigenvalue weighted by molar-refractivity contribution is -0.135. The van der Waals surface area contributed by atoms with Gasteiger partial charge in [0.15, 0.2) is 0 Å². The Morgan fingerprint density at radius 2 is 2.33 bits per heavy atom. The van der Waals surface area contributed by atoms with Gasteiger partial charge in [-0.3, -0.25) is 4.79 Å². The van der Waals surface area contributed by atoms with Crippen LogP contribution in [0.4, 0.5) is 4.39 Å². The summed E-state index contributed by atoms with van der Waals surface area (Å²) in [5.74, 6) is -1.12. The second-order valence-corrected chi connectivity index (χ2v) is 1.36. The van der Waals surface area contributed by atoms with Crippen LogP contribution in [0.3, 0.4) is 0 Å². The smallest absolute Gasteiger partial charge is 0.307 e. The van der Waals surface area contributed by atoms with E-state index >= 15 is 0 Å². The van der Waals surface area contributed by atoms with Crippen molar-refractivity contribution in [1.82, 2.24) is 0 Å². The Kier molecular flexibility index (Phi) is 3.35. The number of carbonyl (C=O) groups excluding carboxylic acids is 1. The average molecular weight is 130 g/mol. The highest BCUT2D eigenvalue weighted by Crippen LogP contribution is 1.92. The van der Waals surface area contributed by atoms with E-state index in [0.29, 0.717) is 0 Å². The topological polar surface area (TPSA) is 26.3 Å². The fourth-order valence-corrected chi connectivity index (χ4v) is 0.204. The summed E-state index contributed by atoms with van der Waals surface area (Å²) >= 11 is 0. The quantitative estimate of drug-likeness (QED) is 0.322. The zero-order valence-electron chi connectivity index (χ0n) is 5.06. The Morgan fingerprint density at radius 3 is 2.67 bits per heavy atom. The molecule has 0 aromatic rings. The van der Waals surface area contributed by atoms with Crippen LogP contribution in [0, 0.1) is 0 Å². The van der Waals surface area contributed by atoms with Crippen LogP contribution < -0.4 is 0 Å². The molecular weight excluding hydrogens is 123 g/mol. The summed E-state index contributed by atoms with van der Waals surface area (Å²) in [5, 5.41) is 0. The van der Waals surface area contributed by atoms with Crippen LogP contribution in [-0.4, -0.2) is 5.97 Å². The first-order chi connectivity index (χ1) is 4.13. The van der Waals surface area contributed by atoms with Gasteiger partial charge in [0.1, 0.15) is 5.83 Å². The van der Waals surface area contributed by atoms with Gasteiger partial charge in [-0.05, 0) is 0 Å². The zero-order chi connectivity index (χ0) is 7.28. The second kappa shape index (κ2) is 3.83. The third-order valence-electron chi connectivity index (χ3n) is 0.483. The van der Waals surface area contributed by atoms with E-state index in [0.717, 1.165) is 12.3 Å². The number of ether oxygens (including phenoxy) is 1. The lowest BCUT2D eigenvalue weighted by atomic mass is 10.6. The van der Waals surface area contributed by atoms with E-state index in [1.54, 1.807) is 0 Å². The SMILES string of the molecule is C=C(F)C=COC(C)=O. The molecule has 0 aliphatic carbocycles. The van der Waals surface area contributed by atoms with E-state index in [2.05, 4.69) is 11.3 Å². The number of rotatable bonds is 2. The second-order valence-electron chi connectivity index (χ2n) is 1.36. The Bertz CT molecular complexity index is 149. The maximum atomic E-state index is 11.7. The van der Waals surface area contributed by atoms with E-state index in [1.165, 1.54) is 6.92 Å². The van der Waals surface area contributed by atoms with Crippen molar-refractivity contribution in [3.63, 3.8) is 0 Å². The van der Waals surface area contributed by atoms with Crippen molar-refractivity contribution in [2.45, 2.75) is 6.92 Å². The zero-order valence-corrected chi connectivity index (χ0v) is 5.06. The fourth-order valence-electron chi connectivity index (χ4n) is 0.204. The highest BCUT2D eigenvalue weighted by atomic mass is 19.1. The number of halogens is 1. The van der Waals surface area contributed by atoms with Gasteiger partial charge >= 0.3 is 5.97 Å². The molecule has 0 fully saturated rings. The van der Waals surface area contributed by atoms with Gasteiger partial charge in [-0.25, -0.2) is 4.39 Å². The van der Waals surface area contributed by atoms with E-state index in [-0.39, 0.29) is 0 Å². The van der Waals surface area contributed by atoms with Gasteiger partial charge in [0.2, 0.25) is 0 Å². The van der Waals surface area contributed by atoms with E-state index in [1.807, 2.05) is 0 Å². The predicted octanol–water partition coefficient (Wildman–Crippen LogP) is 1.55. The first-order valence-corrected chi connectivity index (χ1v) is 2.31. The number of esters is 1. The lowest BCUT2D eigenvalue weighted by Crippen LogP contribution is -1.88. The number of hydrogen-bond acceptors (Lipinski definition) is 2. The summed E-state index contributed by atoms with van der Waals surface area (Å²) in [6.07, 6.45) is 1.91. The molecule has 0 atom stereocenters. The van der Waals surface area contributed by atoms with Gasteiger partial charge in [0.05, 0.1) is 6.26 Å². The molecule has 50 valence electrons. The van der Waals surface area contributed by atoms with Crippen molar-refractivity contribution >= 4 is 5.97 Å². The van der Waals surface area contributed by atoms with Gasteiger partial charge in [0, 0.05) is 13.0 Å². The van der Waals surface area contributed by atoms with Crippen LogP contribution in [0.2, 0.25) is 0 Å². The monoisotopic (exact) mass is 130 g/mol. The summed E-state index contributed by atoms with van der Waals surface area (Å²) in [6, 6.07) is 0. The summed E-state index contributed by atoms with van der Waals surface area (Å²) in [7, 11) is 0. The molecule has 9 heavy (non-hydrogen) atoms. The molecule has 0 amide bonds. The number of allylic oxidation sites excluding steroid dienone is 2. The molecule has 3 heteroatoms. The normalized spacial score (nSPS) is 9.56. The first kappa shape index (κ1) is 7.88. The molecule has 0 heterocycles. The summed E-state index contributed by atoms with van der Waals surface area (Å²) in [5.41, 5.74) is 0. The van der Waals surface area contributed by atoms with Gasteiger partial charge < -0.3 is 4.74 Å². The van der Waals surface area contributed by atoms with Gasteiger partial charge in [-0.15, -0.1) is 0 Å². The molecule has 0 rings (SSSR count). The maximum absolute atomic E-state index is 11.7. The van der Waals surface area contributed by atoms with Crippen molar-refractivity contribution in [3.8, 4) is 0 Å². The molecule has 0 aromatic heterocycles. The molecule has 0 saturated heterocycles. The van der Waals surface area contributed by atoms with E-state index in [4.69, 9.17) is 0 Å². The molecule has 0 saturated carbocycles. The van der Waals surface area contributed by atoms with Crippen LogP contribution >= 0.6 is 0 Å². The highest BCUT2D eigenvalue weighted by molar-refractivity contribution is 5.66. The largest absolute Gasteiger partial charge is 0.435 e. The minimum absolute atomic E-state index is 0.479. The van der Waals surface area contributed by atoms with Crippen LogP contribution in [0.15, 0.2) is 24.7 Å². The van der Waals surface area contributed by atoms with E-state index in [9.17, 15) is 9.18 Å². The Hall–Kier alpha value is -1.12. The summed E-state index contributed by atoms with van der Waals surface area (Å²) in [4.78, 5) is 10.00. The van der Waals surface area contributed by atoms with Crippen molar-refractivity contribution in [2.75, 3.05) is 0 Å². The highest BCUT2D eigenvalue weighted by Gasteiger charge is 1.84. The molecule has 0 aromatic carbocycles. The van der Waals surface area contributed by atoms with Crippen molar-refractivity contribution in [3.05, 3.63) is 24.7 Å². The molecule has 0 N–H and O–H groups in total. The van der Waals surface area contributed by atoms with Gasteiger partial charge in [0.25, 0.3) is 0 Å². The van der Waals surface area contributed by atoms with Crippen LogP contribution in [0.5, 0.6) is 0 Å². The molecule has 2 nitrogen and oxygen atoms in total. The van der Waals surface area contributed by atoms with Crippen molar-refractivity contribution < 1.29 is 13.9 Å². The molecule has 0 radical (unpaired) electrons.